The van der Waals surface area contributed by atoms with Crippen LogP contribution in [0.1, 0.15) is 12.5 Å². The molecule has 0 saturated heterocycles. The fourth-order valence-electron chi connectivity index (χ4n) is 2.36. The molecule has 0 amide bonds. The highest BCUT2D eigenvalue weighted by molar-refractivity contribution is 5.83. The van der Waals surface area contributed by atoms with Crippen molar-refractivity contribution in [2.45, 2.75) is 13.5 Å². The lowest BCUT2D eigenvalue weighted by molar-refractivity contribution is 0.482. The molecule has 0 bridgehead atoms. The zero-order valence-corrected chi connectivity index (χ0v) is 12.2. The third-order valence-corrected chi connectivity index (χ3v) is 3.43. The van der Waals surface area contributed by atoms with Gasteiger partial charge in [-0.15, -0.1) is 0 Å². The van der Waals surface area contributed by atoms with E-state index in [1.54, 1.807) is 0 Å². The quantitative estimate of drug-likeness (QED) is 0.727. The molecule has 0 unspecified atom stereocenters. The van der Waals surface area contributed by atoms with Crippen molar-refractivity contribution in [2.75, 3.05) is 6.54 Å². The standard InChI is InChI=1S/C19H19NO/c1-2-20-14-15-6-5-9-18(12-15)21-19-11-10-16-7-3-4-8-17(16)13-19/h3-13,20H,2,14H2,1H3. The molecule has 21 heavy (non-hydrogen) atoms. The molecular formula is C19H19NO. The summed E-state index contributed by atoms with van der Waals surface area (Å²) in [5, 5.41) is 5.75. The molecule has 3 aromatic rings. The second kappa shape index (κ2) is 6.42. The van der Waals surface area contributed by atoms with E-state index in [0.29, 0.717) is 0 Å². The first-order valence-electron chi connectivity index (χ1n) is 7.31. The summed E-state index contributed by atoms with van der Waals surface area (Å²) in [5.74, 6) is 1.75. The number of hydrogen-bond acceptors (Lipinski definition) is 2. The van der Waals surface area contributed by atoms with Crippen LogP contribution in [0.4, 0.5) is 0 Å². The highest BCUT2D eigenvalue weighted by Crippen LogP contribution is 2.26. The molecule has 2 nitrogen and oxygen atoms in total. The van der Waals surface area contributed by atoms with E-state index in [9.17, 15) is 0 Å². The highest BCUT2D eigenvalue weighted by Gasteiger charge is 2.00. The van der Waals surface area contributed by atoms with Crippen molar-refractivity contribution in [2.24, 2.45) is 0 Å². The van der Waals surface area contributed by atoms with E-state index >= 15 is 0 Å². The smallest absolute Gasteiger partial charge is 0.128 e. The third kappa shape index (κ3) is 3.41. The molecule has 1 N–H and O–H groups in total. The van der Waals surface area contributed by atoms with Crippen LogP contribution in [-0.4, -0.2) is 6.54 Å². The monoisotopic (exact) mass is 277 g/mol. The topological polar surface area (TPSA) is 21.3 Å². The number of nitrogens with one attached hydrogen (secondary N) is 1. The molecule has 3 rings (SSSR count). The Balaban J connectivity index is 1.81. The van der Waals surface area contributed by atoms with Crippen LogP contribution in [0.25, 0.3) is 10.8 Å². The average molecular weight is 277 g/mol. The van der Waals surface area contributed by atoms with Crippen LogP contribution in [0.2, 0.25) is 0 Å². The molecule has 0 aliphatic carbocycles. The normalized spacial score (nSPS) is 10.7. The maximum atomic E-state index is 5.98. The van der Waals surface area contributed by atoms with Crippen molar-refractivity contribution in [1.29, 1.82) is 0 Å². The molecule has 0 aromatic heterocycles. The van der Waals surface area contributed by atoms with Crippen LogP contribution < -0.4 is 10.1 Å². The minimum absolute atomic E-state index is 0.866. The van der Waals surface area contributed by atoms with Gasteiger partial charge >= 0.3 is 0 Å². The van der Waals surface area contributed by atoms with Gasteiger partial charge < -0.3 is 10.1 Å². The number of rotatable bonds is 5. The summed E-state index contributed by atoms with van der Waals surface area (Å²) in [6, 6.07) is 22.7. The highest BCUT2D eigenvalue weighted by atomic mass is 16.5. The summed E-state index contributed by atoms with van der Waals surface area (Å²) in [5.41, 5.74) is 1.23. The molecule has 0 spiro atoms. The first kappa shape index (κ1) is 13.7. The fourth-order valence-corrected chi connectivity index (χ4v) is 2.36. The lowest BCUT2D eigenvalue weighted by Crippen LogP contribution is -2.11. The van der Waals surface area contributed by atoms with E-state index in [0.717, 1.165) is 24.6 Å². The first-order valence-corrected chi connectivity index (χ1v) is 7.31. The lowest BCUT2D eigenvalue weighted by Gasteiger charge is -2.09. The number of benzene rings is 3. The number of hydrogen-bond donors (Lipinski definition) is 1. The van der Waals surface area contributed by atoms with Crippen LogP contribution in [0.15, 0.2) is 66.7 Å². The minimum atomic E-state index is 0.866. The molecule has 0 aliphatic heterocycles. The maximum Gasteiger partial charge on any atom is 0.128 e. The second-order valence-electron chi connectivity index (χ2n) is 5.04. The van der Waals surface area contributed by atoms with Gasteiger partial charge in [0.15, 0.2) is 0 Å². The van der Waals surface area contributed by atoms with Gasteiger partial charge in [-0.05, 0) is 47.1 Å². The van der Waals surface area contributed by atoms with Gasteiger partial charge in [0, 0.05) is 6.54 Å². The summed E-state index contributed by atoms with van der Waals surface area (Å²) in [6.07, 6.45) is 0. The van der Waals surface area contributed by atoms with Gasteiger partial charge in [-0.25, -0.2) is 0 Å². The molecule has 0 heterocycles. The summed E-state index contributed by atoms with van der Waals surface area (Å²) in [6.45, 7) is 3.94. The van der Waals surface area contributed by atoms with Gasteiger partial charge in [0.1, 0.15) is 11.5 Å². The van der Waals surface area contributed by atoms with E-state index < -0.39 is 0 Å². The van der Waals surface area contributed by atoms with Gasteiger partial charge in [-0.3, -0.25) is 0 Å². The van der Waals surface area contributed by atoms with Gasteiger partial charge in [-0.2, -0.15) is 0 Å². The van der Waals surface area contributed by atoms with Crippen molar-refractivity contribution in [1.82, 2.24) is 5.32 Å². The molecule has 0 fully saturated rings. The van der Waals surface area contributed by atoms with Crippen LogP contribution >= 0.6 is 0 Å². The summed E-state index contributed by atoms with van der Waals surface area (Å²) in [4.78, 5) is 0. The van der Waals surface area contributed by atoms with Crippen molar-refractivity contribution in [3.05, 3.63) is 72.3 Å². The lowest BCUT2D eigenvalue weighted by atomic mass is 10.1. The Kier molecular flexibility index (Phi) is 4.17. The van der Waals surface area contributed by atoms with Crippen LogP contribution in [-0.2, 0) is 6.54 Å². The fraction of sp³-hybridized carbons (Fsp3) is 0.158. The van der Waals surface area contributed by atoms with Crippen LogP contribution in [0.3, 0.4) is 0 Å². The Labute approximate surface area is 125 Å². The molecule has 2 heteroatoms. The van der Waals surface area contributed by atoms with E-state index in [2.05, 4.69) is 48.6 Å². The SMILES string of the molecule is CCNCc1cccc(Oc2ccc3ccccc3c2)c1. The van der Waals surface area contributed by atoms with Crippen LogP contribution in [0.5, 0.6) is 11.5 Å². The summed E-state index contributed by atoms with van der Waals surface area (Å²) < 4.78 is 5.98. The van der Waals surface area contributed by atoms with Gasteiger partial charge in [-0.1, -0.05) is 49.4 Å². The number of ether oxygens (including phenoxy) is 1. The number of fused-ring (bicyclic) bond motifs is 1. The second-order valence-corrected chi connectivity index (χ2v) is 5.04. The van der Waals surface area contributed by atoms with E-state index in [-0.39, 0.29) is 0 Å². The predicted molar refractivity (Wildman–Crippen MR) is 87.8 cm³/mol. The Morgan fingerprint density at radius 2 is 1.62 bits per heavy atom. The maximum absolute atomic E-state index is 5.98. The Bertz CT molecular complexity index is 736. The summed E-state index contributed by atoms with van der Waals surface area (Å²) >= 11 is 0. The summed E-state index contributed by atoms with van der Waals surface area (Å²) in [7, 11) is 0. The van der Waals surface area contributed by atoms with Gasteiger partial charge in [0.25, 0.3) is 0 Å². The predicted octanol–water partition coefficient (Wildman–Crippen LogP) is 4.74. The average Bonchev–Trinajstić information content (AvgIpc) is 2.53. The largest absolute Gasteiger partial charge is 0.457 e. The molecule has 106 valence electrons. The Morgan fingerprint density at radius 1 is 0.810 bits per heavy atom. The van der Waals surface area contributed by atoms with Gasteiger partial charge in [0.2, 0.25) is 0 Å². The van der Waals surface area contributed by atoms with Crippen molar-refractivity contribution in [3.63, 3.8) is 0 Å². The molecule has 0 atom stereocenters. The minimum Gasteiger partial charge on any atom is -0.457 e. The first-order chi connectivity index (χ1) is 10.3. The molecule has 3 aromatic carbocycles. The van der Waals surface area contributed by atoms with Crippen LogP contribution in [0, 0.1) is 0 Å². The van der Waals surface area contributed by atoms with Crippen molar-refractivity contribution in [3.8, 4) is 11.5 Å². The van der Waals surface area contributed by atoms with E-state index in [1.165, 1.54) is 16.3 Å². The van der Waals surface area contributed by atoms with Gasteiger partial charge in [0.05, 0.1) is 0 Å². The van der Waals surface area contributed by atoms with Crippen molar-refractivity contribution < 1.29 is 4.74 Å². The molecular weight excluding hydrogens is 258 g/mol. The molecule has 0 radical (unpaired) electrons. The Hall–Kier alpha value is -2.32. The molecule has 0 aliphatic rings. The van der Waals surface area contributed by atoms with E-state index in [4.69, 9.17) is 4.74 Å². The zero-order chi connectivity index (χ0) is 14.5. The van der Waals surface area contributed by atoms with Crippen molar-refractivity contribution >= 4 is 10.8 Å². The van der Waals surface area contributed by atoms with E-state index in [1.807, 2.05) is 30.3 Å². The third-order valence-electron chi connectivity index (χ3n) is 3.43. The molecule has 0 saturated carbocycles. The zero-order valence-electron chi connectivity index (χ0n) is 12.2. The Morgan fingerprint density at radius 3 is 2.48 bits per heavy atom.